The lowest BCUT2D eigenvalue weighted by Crippen LogP contribution is -2.16. The highest BCUT2D eigenvalue weighted by Crippen LogP contribution is 2.27. The Morgan fingerprint density at radius 1 is 1.10 bits per heavy atom. The van der Waals surface area contributed by atoms with Crippen molar-refractivity contribution >= 4 is 11.6 Å². The monoisotopic (exact) mass is 301 g/mol. The fraction of sp³-hybridized carbons (Fsp3) is 0.333. The molecule has 0 heterocycles. The smallest absolute Gasteiger partial charge is 0.120 e. The number of hydrogen-bond acceptors (Lipinski definition) is 2. The molecule has 0 aliphatic heterocycles. The van der Waals surface area contributed by atoms with Crippen molar-refractivity contribution < 1.29 is 4.74 Å². The van der Waals surface area contributed by atoms with Crippen molar-refractivity contribution in [2.75, 3.05) is 6.54 Å². The molecule has 21 heavy (non-hydrogen) atoms. The second kappa shape index (κ2) is 6.97. The fourth-order valence-corrected chi connectivity index (χ4v) is 2.45. The van der Waals surface area contributed by atoms with E-state index >= 15 is 0 Å². The van der Waals surface area contributed by atoms with Gasteiger partial charge in [0.25, 0.3) is 0 Å². The lowest BCUT2D eigenvalue weighted by atomic mass is 10.2. The van der Waals surface area contributed by atoms with E-state index in [4.69, 9.17) is 16.3 Å². The maximum atomic E-state index is 6.14. The molecular weight excluding hydrogens is 282 g/mol. The first-order chi connectivity index (χ1) is 10.3. The molecule has 3 rings (SSSR count). The summed E-state index contributed by atoms with van der Waals surface area (Å²) in [4.78, 5) is 0. The summed E-state index contributed by atoms with van der Waals surface area (Å²) in [6.07, 6.45) is 2.77. The average molecular weight is 302 g/mol. The summed E-state index contributed by atoms with van der Waals surface area (Å²) in [5.74, 6) is 1.80. The molecule has 1 fully saturated rings. The third-order valence-corrected chi connectivity index (χ3v) is 4.08. The van der Waals surface area contributed by atoms with E-state index in [1.54, 1.807) is 0 Å². The van der Waals surface area contributed by atoms with Gasteiger partial charge in [0.05, 0.1) is 0 Å². The predicted octanol–water partition coefficient (Wildman–Crippen LogP) is 4.42. The van der Waals surface area contributed by atoms with E-state index in [1.807, 2.05) is 36.4 Å². The van der Waals surface area contributed by atoms with Crippen LogP contribution in [0.5, 0.6) is 5.75 Å². The number of hydrogen-bond donors (Lipinski definition) is 1. The minimum Gasteiger partial charge on any atom is -0.489 e. The molecule has 110 valence electrons. The quantitative estimate of drug-likeness (QED) is 0.817. The highest BCUT2D eigenvalue weighted by atomic mass is 35.5. The van der Waals surface area contributed by atoms with Gasteiger partial charge in [-0.15, -0.1) is 0 Å². The summed E-state index contributed by atoms with van der Waals surface area (Å²) in [7, 11) is 0. The number of halogens is 1. The van der Waals surface area contributed by atoms with Crippen LogP contribution in [0.15, 0.2) is 48.5 Å². The SMILES string of the molecule is Clc1ccccc1COc1cccc(CNCC2CC2)c1. The largest absolute Gasteiger partial charge is 0.489 e. The van der Waals surface area contributed by atoms with E-state index < -0.39 is 0 Å². The van der Waals surface area contributed by atoms with Crippen molar-refractivity contribution in [3.8, 4) is 5.75 Å². The van der Waals surface area contributed by atoms with Gasteiger partial charge in [-0.25, -0.2) is 0 Å². The molecule has 1 aliphatic rings. The Labute approximate surface area is 131 Å². The minimum absolute atomic E-state index is 0.499. The third-order valence-electron chi connectivity index (χ3n) is 3.71. The molecule has 0 bridgehead atoms. The lowest BCUT2D eigenvalue weighted by molar-refractivity contribution is 0.306. The summed E-state index contributed by atoms with van der Waals surface area (Å²) < 4.78 is 5.84. The average Bonchev–Trinajstić information content (AvgIpc) is 3.31. The molecule has 0 amide bonds. The molecule has 1 aliphatic carbocycles. The molecule has 2 aromatic carbocycles. The van der Waals surface area contributed by atoms with Crippen LogP contribution < -0.4 is 10.1 Å². The first-order valence-electron chi connectivity index (χ1n) is 7.47. The van der Waals surface area contributed by atoms with Crippen molar-refractivity contribution in [2.24, 2.45) is 5.92 Å². The third kappa shape index (κ3) is 4.48. The van der Waals surface area contributed by atoms with E-state index in [0.717, 1.165) is 35.3 Å². The molecular formula is C18H20ClNO. The summed E-state index contributed by atoms with van der Waals surface area (Å²) >= 11 is 6.14. The molecule has 0 radical (unpaired) electrons. The van der Waals surface area contributed by atoms with E-state index in [2.05, 4.69) is 17.4 Å². The van der Waals surface area contributed by atoms with Crippen LogP contribution >= 0.6 is 11.6 Å². The van der Waals surface area contributed by atoms with E-state index in [9.17, 15) is 0 Å². The Balaban J connectivity index is 1.53. The van der Waals surface area contributed by atoms with Gasteiger partial charge >= 0.3 is 0 Å². The molecule has 1 saturated carbocycles. The van der Waals surface area contributed by atoms with Gasteiger partial charge in [-0.2, -0.15) is 0 Å². The minimum atomic E-state index is 0.499. The maximum Gasteiger partial charge on any atom is 0.120 e. The van der Waals surface area contributed by atoms with Gasteiger partial charge in [-0.05, 0) is 49.1 Å². The van der Waals surface area contributed by atoms with Crippen LogP contribution in [0.2, 0.25) is 5.02 Å². The van der Waals surface area contributed by atoms with E-state index in [0.29, 0.717) is 6.61 Å². The van der Waals surface area contributed by atoms with Gasteiger partial charge in [-0.3, -0.25) is 0 Å². The molecule has 2 aromatic rings. The van der Waals surface area contributed by atoms with Crippen LogP contribution in [-0.4, -0.2) is 6.54 Å². The van der Waals surface area contributed by atoms with Gasteiger partial charge in [0, 0.05) is 17.1 Å². The maximum absolute atomic E-state index is 6.14. The van der Waals surface area contributed by atoms with E-state index in [-0.39, 0.29) is 0 Å². The van der Waals surface area contributed by atoms with Crippen LogP contribution in [0.4, 0.5) is 0 Å². The Kier molecular flexibility index (Phi) is 4.79. The number of rotatable bonds is 7. The molecule has 0 atom stereocenters. The number of nitrogens with one attached hydrogen (secondary N) is 1. The van der Waals surface area contributed by atoms with Crippen molar-refractivity contribution in [1.82, 2.24) is 5.32 Å². The topological polar surface area (TPSA) is 21.3 Å². The number of ether oxygens (including phenoxy) is 1. The van der Waals surface area contributed by atoms with Crippen molar-refractivity contribution in [3.63, 3.8) is 0 Å². The van der Waals surface area contributed by atoms with Crippen LogP contribution in [0.25, 0.3) is 0 Å². The molecule has 3 heteroatoms. The first-order valence-corrected chi connectivity index (χ1v) is 7.85. The molecule has 1 N–H and O–H groups in total. The second-order valence-electron chi connectivity index (χ2n) is 5.60. The van der Waals surface area contributed by atoms with Gasteiger partial charge < -0.3 is 10.1 Å². The van der Waals surface area contributed by atoms with Gasteiger partial charge in [0.15, 0.2) is 0 Å². The van der Waals surface area contributed by atoms with Crippen molar-refractivity contribution in [3.05, 3.63) is 64.7 Å². The molecule has 0 spiro atoms. The zero-order valence-corrected chi connectivity index (χ0v) is 12.8. The lowest BCUT2D eigenvalue weighted by Gasteiger charge is -2.10. The summed E-state index contributed by atoms with van der Waals surface area (Å²) in [6.45, 7) is 2.53. The molecule has 0 aromatic heterocycles. The highest BCUT2D eigenvalue weighted by molar-refractivity contribution is 6.31. The van der Waals surface area contributed by atoms with Gasteiger partial charge in [0.1, 0.15) is 12.4 Å². The Bertz CT molecular complexity index is 595. The highest BCUT2D eigenvalue weighted by Gasteiger charge is 2.20. The fourth-order valence-electron chi connectivity index (χ4n) is 2.26. The Morgan fingerprint density at radius 3 is 2.76 bits per heavy atom. The zero-order chi connectivity index (χ0) is 14.5. The van der Waals surface area contributed by atoms with Crippen LogP contribution in [0, 0.1) is 5.92 Å². The summed E-state index contributed by atoms with van der Waals surface area (Å²) in [6, 6.07) is 16.0. The molecule has 0 unspecified atom stereocenters. The van der Waals surface area contributed by atoms with Crippen molar-refractivity contribution in [2.45, 2.75) is 26.0 Å². The second-order valence-corrected chi connectivity index (χ2v) is 6.01. The predicted molar refractivity (Wildman–Crippen MR) is 86.7 cm³/mol. The van der Waals surface area contributed by atoms with Gasteiger partial charge in [-0.1, -0.05) is 41.9 Å². The standard InChI is InChI=1S/C18H20ClNO/c19-18-7-2-1-5-16(18)13-21-17-6-3-4-15(10-17)12-20-11-14-8-9-14/h1-7,10,14,20H,8-9,11-13H2. The Hall–Kier alpha value is -1.51. The van der Waals surface area contributed by atoms with Crippen LogP contribution in [-0.2, 0) is 13.2 Å². The molecule has 2 nitrogen and oxygen atoms in total. The molecule has 0 saturated heterocycles. The van der Waals surface area contributed by atoms with Gasteiger partial charge in [0.2, 0.25) is 0 Å². The summed E-state index contributed by atoms with van der Waals surface area (Å²) in [5, 5.41) is 4.25. The van der Waals surface area contributed by atoms with Crippen molar-refractivity contribution in [1.29, 1.82) is 0 Å². The Morgan fingerprint density at radius 2 is 1.95 bits per heavy atom. The van der Waals surface area contributed by atoms with E-state index in [1.165, 1.54) is 18.4 Å². The normalized spacial score (nSPS) is 14.1. The van der Waals surface area contributed by atoms with Crippen LogP contribution in [0.1, 0.15) is 24.0 Å². The zero-order valence-electron chi connectivity index (χ0n) is 12.0. The first kappa shape index (κ1) is 14.4. The number of benzene rings is 2. The summed E-state index contributed by atoms with van der Waals surface area (Å²) in [5.41, 5.74) is 2.27. The van der Waals surface area contributed by atoms with Crippen LogP contribution in [0.3, 0.4) is 0 Å².